The van der Waals surface area contributed by atoms with E-state index in [1.54, 1.807) is 0 Å². The van der Waals surface area contributed by atoms with Crippen molar-refractivity contribution in [3.8, 4) is 0 Å². The second kappa shape index (κ2) is 9.61. The van der Waals surface area contributed by atoms with E-state index in [1.165, 1.54) is 33.6 Å². The molecule has 0 radical (unpaired) electrons. The molecule has 4 atom stereocenters. The van der Waals surface area contributed by atoms with Crippen molar-refractivity contribution < 1.29 is 15.0 Å². The Bertz CT molecular complexity index is 826. The van der Waals surface area contributed by atoms with E-state index < -0.39 is 5.97 Å². The van der Waals surface area contributed by atoms with Crippen LogP contribution >= 0.6 is 34.7 Å². The van der Waals surface area contributed by atoms with Crippen molar-refractivity contribution in [3.63, 3.8) is 0 Å². The lowest BCUT2D eigenvalue weighted by molar-refractivity contribution is 0.0702. The number of aryl methyl sites for hydroxylation is 3. The summed E-state index contributed by atoms with van der Waals surface area (Å²) in [5.74, 6) is 0.426. The molecule has 1 fully saturated rings. The standard InChI is InChI=1S/C21H26ClNO3S2/c1-12-6-7-13(2)18(8-12)27-11-15-14(17(24)9-16(15)22)4-3-5-20-23-10-19(28-20)21(25)26/h6-8,10,14-17,24H,3-5,9,11H2,1-2H3,(H,25,26)/t14-,15-,16?,17?/m1/s1. The van der Waals surface area contributed by atoms with Gasteiger partial charge in [0.05, 0.1) is 17.3 Å². The van der Waals surface area contributed by atoms with Crippen LogP contribution in [0.15, 0.2) is 29.3 Å². The van der Waals surface area contributed by atoms with Crippen LogP contribution in [0.2, 0.25) is 0 Å². The SMILES string of the molecule is Cc1ccc(C)c(SC[C@H]2C(Cl)CC(O)[C@@H]2CCCc2ncc(C(=O)O)s2)c1. The maximum absolute atomic E-state index is 11.0. The first-order valence-corrected chi connectivity index (χ1v) is 11.8. The van der Waals surface area contributed by atoms with Crippen LogP contribution in [-0.4, -0.2) is 38.4 Å². The third-order valence-electron chi connectivity index (χ3n) is 5.44. The number of nitrogens with zero attached hydrogens (tertiary/aromatic N) is 1. The number of carboxylic acids is 1. The average molecular weight is 440 g/mol. The zero-order valence-electron chi connectivity index (χ0n) is 16.1. The van der Waals surface area contributed by atoms with Crippen molar-refractivity contribution in [1.29, 1.82) is 0 Å². The van der Waals surface area contributed by atoms with Gasteiger partial charge in [-0.05, 0) is 63.0 Å². The molecule has 1 aromatic heterocycles. The number of hydrogen-bond acceptors (Lipinski definition) is 5. The number of rotatable bonds is 8. The van der Waals surface area contributed by atoms with Crippen molar-refractivity contribution in [2.24, 2.45) is 11.8 Å². The molecule has 28 heavy (non-hydrogen) atoms. The number of aliphatic hydroxyl groups excluding tert-OH is 1. The molecule has 0 saturated heterocycles. The zero-order chi connectivity index (χ0) is 20.3. The minimum Gasteiger partial charge on any atom is -0.477 e. The van der Waals surface area contributed by atoms with E-state index >= 15 is 0 Å². The fourth-order valence-corrected chi connectivity index (χ4v) is 6.61. The number of alkyl halides is 1. The van der Waals surface area contributed by atoms with Gasteiger partial charge in [-0.25, -0.2) is 9.78 Å². The van der Waals surface area contributed by atoms with E-state index in [-0.39, 0.29) is 28.2 Å². The van der Waals surface area contributed by atoms with Crippen LogP contribution in [0.3, 0.4) is 0 Å². The van der Waals surface area contributed by atoms with E-state index in [0.717, 1.165) is 30.0 Å². The summed E-state index contributed by atoms with van der Waals surface area (Å²) in [6, 6.07) is 6.49. The van der Waals surface area contributed by atoms with E-state index in [0.29, 0.717) is 6.42 Å². The molecule has 4 nitrogen and oxygen atoms in total. The van der Waals surface area contributed by atoms with Gasteiger partial charge in [-0.3, -0.25) is 0 Å². The molecule has 7 heteroatoms. The van der Waals surface area contributed by atoms with Crippen LogP contribution < -0.4 is 0 Å². The zero-order valence-corrected chi connectivity index (χ0v) is 18.5. The quantitative estimate of drug-likeness (QED) is 0.438. The summed E-state index contributed by atoms with van der Waals surface area (Å²) in [5, 5.41) is 20.4. The van der Waals surface area contributed by atoms with Gasteiger partial charge >= 0.3 is 5.97 Å². The van der Waals surface area contributed by atoms with Crippen LogP contribution in [0, 0.1) is 25.7 Å². The number of benzene rings is 1. The van der Waals surface area contributed by atoms with Crippen LogP contribution in [0.5, 0.6) is 0 Å². The molecule has 1 aliphatic carbocycles. The Morgan fingerprint density at radius 3 is 2.86 bits per heavy atom. The van der Waals surface area contributed by atoms with Gasteiger partial charge in [0.1, 0.15) is 4.88 Å². The summed E-state index contributed by atoms with van der Waals surface area (Å²) in [4.78, 5) is 16.7. The largest absolute Gasteiger partial charge is 0.477 e. The summed E-state index contributed by atoms with van der Waals surface area (Å²) in [7, 11) is 0. The average Bonchev–Trinajstić information content (AvgIpc) is 3.21. The highest BCUT2D eigenvalue weighted by Crippen LogP contribution is 2.42. The molecule has 152 valence electrons. The third kappa shape index (κ3) is 5.29. The molecule has 1 heterocycles. The summed E-state index contributed by atoms with van der Waals surface area (Å²) < 4.78 is 0. The Morgan fingerprint density at radius 2 is 2.14 bits per heavy atom. The normalized spacial score (nSPS) is 24.6. The van der Waals surface area contributed by atoms with Gasteiger partial charge in [-0.15, -0.1) is 34.7 Å². The number of halogens is 1. The van der Waals surface area contributed by atoms with E-state index in [4.69, 9.17) is 16.7 Å². The van der Waals surface area contributed by atoms with Gasteiger partial charge in [-0.1, -0.05) is 17.7 Å². The fourth-order valence-electron chi connectivity index (χ4n) is 3.83. The predicted octanol–water partition coefficient (Wildman–Crippen LogP) is 5.18. The summed E-state index contributed by atoms with van der Waals surface area (Å²) in [5.41, 5.74) is 2.53. The predicted molar refractivity (Wildman–Crippen MR) is 116 cm³/mol. The summed E-state index contributed by atoms with van der Waals surface area (Å²) in [6.07, 6.45) is 4.20. The van der Waals surface area contributed by atoms with Crippen molar-refractivity contribution in [2.75, 3.05) is 5.75 Å². The molecular formula is C21H26ClNO3S2. The number of carbonyl (C=O) groups is 1. The molecule has 2 unspecified atom stereocenters. The van der Waals surface area contributed by atoms with Gasteiger partial charge < -0.3 is 10.2 Å². The molecule has 3 rings (SSSR count). The topological polar surface area (TPSA) is 70.4 Å². The summed E-state index contributed by atoms with van der Waals surface area (Å²) >= 11 is 9.66. The molecular weight excluding hydrogens is 414 g/mol. The number of carboxylic acid groups (broad SMARTS) is 1. The Kier molecular flexibility index (Phi) is 7.42. The molecule has 0 amide bonds. The highest BCUT2D eigenvalue weighted by Gasteiger charge is 2.41. The smallest absolute Gasteiger partial charge is 0.347 e. The van der Waals surface area contributed by atoms with Crippen LogP contribution in [-0.2, 0) is 6.42 Å². The Hall–Kier alpha value is -1.08. The Labute approximate surface area is 179 Å². The van der Waals surface area contributed by atoms with Crippen LogP contribution in [0.25, 0.3) is 0 Å². The van der Waals surface area contributed by atoms with Crippen LogP contribution in [0.1, 0.15) is 45.1 Å². The second-order valence-electron chi connectivity index (χ2n) is 7.54. The van der Waals surface area contributed by atoms with Crippen LogP contribution in [0.4, 0.5) is 0 Å². The highest BCUT2D eigenvalue weighted by atomic mass is 35.5. The lowest BCUT2D eigenvalue weighted by Gasteiger charge is -2.23. The van der Waals surface area contributed by atoms with Crippen molar-refractivity contribution in [2.45, 2.75) is 55.9 Å². The molecule has 0 spiro atoms. The maximum atomic E-state index is 11.0. The van der Waals surface area contributed by atoms with Crippen molar-refractivity contribution in [1.82, 2.24) is 4.98 Å². The first-order valence-electron chi connectivity index (χ1n) is 9.55. The Morgan fingerprint density at radius 1 is 1.36 bits per heavy atom. The first kappa shape index (κ1) is 21.6. The number of thiazole rings is 1. The van der Waals surface area contributed by atoms with E-state index in [9.17, 15) is 9.90 Å². The first-order chi connectivity index (χ1) is 13.3. The third-order valence-corrected chi connectivity index (χ3v) is 8.29. The molecule has 1 saturated carbocycles. The van der Waals surface area contributed by atoms with E-state index in [2.05, 4.69) is 37.0 Å². The number of thioether (sulfide) groups is 1. The maximum Gasteiger partial charge on any atom is 0.347 e. The lowest BCUT2D eigenvalue weighted by Crippen LogP contribution is -2.23. The van der Waals surface area contributed by atoms with Gasteiger partial charge in [0.2, 0.25) is 0 Å². The minimum absolute atomic E-state index is 0.00362. The van der Waals surface area contributed by atoms with Gasteiger partial charge in [0, 0.05) is 16.0 Å². The second-order valence-corrected chi connectivity index (χ2v) is 10.3. The fraction of sp³-hybridized carbons (Fsp3) is 0.524. The lowest BCUT2D eigenvalue weighted by atomic mass is 9.91. The highest BCUT2D eigenvalue weighted by molar-refractivity contribution is 7.99. The van der Waals surface area contributed by atoms with Gasteiger partial charge in [0.15, 0.2) is 0 Å². The number of aromatic carboxylic acids is 1. The molecule has 1 aliphatic rings. The molecule has 2 aromatic rings. The molecule has 2 N–H and O–H groups in total. The van der Waals surface area contributed by atoms with Crippen molar-refractivity contribution >= 4 is 40.7 Å². The minimum atomic E-state index is -0.927. The van der Waals surface area contributed by atoms with Gasteiger partial charge in [-0.2, -0.15) is 0 Å². The summed E-state index contributed by atoms with van der Waals surface area (Å²) in [6.45, 7) is 4.23. The van der Waals surface area contributed by atoms with E-state index in [1.807, 2.05) is 11.8 Å². The number of hydrogen-bond donors (Lipinski definition) is 2. The van der Waals surface area contributed by atoms with Gasteiger partial charge in [0.25, 0.3) is 0 Å². The molecule has 0 aliphatic heterocycles. The monoisotopic (exact) mass is 439 g/mol. The number of aromatic nitrogens is 1. The molecule has 1 aromatic carbocycles. The molecule has 0 bridgehead atoms. The number of aliphatic hydroxyl groups is 1. The van der Waals surface area contributed by atoms with Crippen molar-refractivity contribution in [3.05, 3.63) is 45.4 Å². The Balaban J connectivity index is 1.57.